The molecule has 0 saturated carbocycles. The maximum Gasteiger partial charge on any atom is 0.253 e. The number of carbonyl (C=O) groups is 1. The number of aliphatic hydroxyl groups excluding tert-OH is 2. The van der Waals surface area contributed by atoms with Crippen molar-refractivity contribution < 1.29 is 33.3 Å². The van der Waals surface area contributed by atoms with Gasteiger partial charge in [-0.25, -0.2) is 13.8 Å². The van der Waals surface area contributed by atoms with E-state index in [0.717, 1.165) is 18.2 Å². The molecule has 9 nitrogen and oxygen atoms in total. The summed E-state index contributed by atoms with van der Waals surface area (Å²) < 4.78 is 38.5. The van der Waals surface area contributed by atoms with E-state index in [1.165, 1.54) is 13.2 Å². The van der Waals surface area contributed by atoms with E-state index in [1.807, 2.05) is 0 Å². The number of methoxy groups -OCH3 is 1. The number of anilines is 1. The molecule has 0 spiro atoms. The predicted molar refractivity (Wildman–Crippen MR) is 138 cm³/mol. The van der Waals surface area contributed by atoms with E-state index in [2.05, 4.69) is 20.6 Å². The van der Waals surface area contributed by atoms with Crippen molar-refractivity contribution in [2.45, 2.75) is 43.6 Å². The van der Waals surface area contributed by atoms with Crippen LogP contribution in [-0.4, -0.2) is 70.7 Å². The number of nitrogens with zero attached hydrogens (tertiary/aromatic N) is 2. The molecule has 4 N–H and O–H groups in total. The summed E-state index contributed by atoms with van der Waals surface area (Å²) in [6.45, 7) is -0.123. The molecule has 38 heavy (non-hydrogen) atoms. The SMILES string of the molecule is COc1ccc2nccc(NC(=O)[C@@H]3CC[C@@H](NC/C=C/c4cc(F)ccc4F)[C@@H](C[C@@H](O)CO)O3)c2n1. The highest BCUT2D eigenvalue weighted by atomic mass is 19.1. The minimum absolute atomic E-state index is 0.108. The number of pyridine rings is 2. The lowest BCUT2D eigenvalue weighted by atomic mass is 9.94. The Morgan fingerprint density at radius 1 is 1.26 bits per heavy atom. The summed E-state index contributed by atoms with van der Waals surface area (Å²) in [4.78, 5) is 21.8. The van der Waals surface area contributed by atoms with Gasteiger partial charge in [0.2, 0.25) is 5.88 Å². The average Bonchev–Trinajstić information content (AvgIpc) is 2.93. The fourth-order valence-corrected chi connectivity index (χ4v) is 4.36. The lowest BCUT2D eigenvalue weighted by molar-refractivity contribution is -0.141. The first-order valence-electron chi connectivity index (χ1n) is 12.3. The predicted octanol–water partition coefficient (Wildman–Crippen LogP) is 2.82. The van der Waals surface area contributed by atoms with Crippen LogP contribution in [0.3, 0.4) is 0 Å². The molecule has 1 fully saturated rings. The number of hydrogen-bond acceptors (Lipinski definition) is 8. The molecule has 0 unspecified atom stereocenters. The van der Waals surface area contributed by atoms with Crippen LogP contribution in [0.4, 0.5) is 14.5 Å². The highest BCUT2D eigenvalue weighted by Crippen LogP contribution is 2.26. The number of aromatic nitrogens is 2. The first kappa shape index (κ1) is 27.5. The Morgan fingerprint density at radius 3 is 2.89 bits per heavy atom. The van der Waals surface area contributed by atoms with Crippen LogP contribution in [0.15, 0.2) is 48.7 Å². The van der Waals surface area contributed by atoms with Crippen molar-refractivity contribution in [3.8, 4) is 5.88 Å². The lowest BCUT2D eigenvalue weighted by Gasteiger charge is -2.37. The van der Waals surface area contributed by atoms with Crippen LogP contribution in [0.25, 0.3) is 17.1 Å². The molecule has 1 saturated heterocycles. The van der Waals surface area contributed by atoms with E-state index >= 15 is 0 Å². The van der Waals surface area contributed by atoms with Crippen molar-refractivity contribution in [2.75, 3.05) is 25.6 Å². The van der Waals surface area contributed by atoms with E-state index in [9.17, 15) is 23.8 Å². The van der Waals surface area contributed by atoms with Gasteiger partial charge in [-0.15, -0.1) is 0 Å². The number of carbonyl (C=O) groups excluding carboxylic acids is 1. The highest BCUT2D eigenvalue weighted by molar-refractivity contribution is 6.01. The number of fused-ring (bicyclic) bond motifs is 1. The van der Waals surface area contributed by atoms with Crippen molar-refractivity contribution in [1.29, 1.82) is 0 Å². The summed E-state index contributed by atoms with van der Waals surface area (Å²) in [6.07, 6.45) is 3.36. The normalized spacial score (nSPS) is 20.5. The third-order valence-electron chi connectivity index (χ3n) is 6.31. The first-order chi connectivity index (χ1) is 18.4. The smallest absolute Gasteiger partial charge is 0.253 e. The van der Waals surface area contributed by atoms with Gasteiger partial charge in [0.05, 0.1) is 37.1 Å². The number of benzene rings is 1. The van der Waals surface area contributed by atoms with Crippen molar-refractivity contribution in [1.82, 2.24) is 15.3 Å². The van der Waals surface area contributed by atoms with E-state index in [1.54, 1.807) is 30.5 Å². The van der Waals surface area contributed by atoms with Gasteiger partial charge in [0.25, 0.3) is 5.91 Å². The second kappa shape index (κ2) is 12.8. The number of hydrogen-bond donors (Lipinski definition) is 4. The van der Waals surface area contributed by atoms with Gasteiger partial charge in [-0.1, -0.05) is 12.2 Å². The molecule has 11 heteroatoms. The van der Waals surface area contributed by atoms with Crippen molar-refractivity contribution >= 4 is 28.7 Å². The molecule has 4 rings (SSSR count). The zero-order valence-electron chi connectivity index (χ0n) is 20.8. The standard InChI is InChI=1S/C27H30F2N4O5/c1-37-25-9-7-21-26(33-25)22(10-12-31-21)32-27(36)23-8-6-20(24(38-23)14-18(35)15-34)30-11-2-3-16-13-17(28)4-5-19(16)29/h2-5,7,9-10,12-13,18,20,23-24,30,34-35H,6,8,11,14-15H2,1H3,(H,31,32,36)/b3-2+/t18-,20-,23+,24-/m1/s1. The van der Waals surface area contributed by atoms with Crippen LogP contribution in [-0.2, 0) is 9.53 Å². The van der Waals surface area contributed by atoms with Crippen LogP contribution in [0.2, 0.25) is 0 Å². The molecule has 202 valence electrons. The van der Waals surface area contributed by atoms with Gasteiger partial charge < -0.3 is 30.3 Å². The molecule has 1 aliphatic rings. The Hall–Kier alpha value is -3.51. The summed E-state index contributed by atoms with van der Waals surface area (Å²) >= 11 is 0. The van der Waals surface area contributed by atoms with Gasteiger partial charge in [0, 0.05) is 36.8 Å². The minimum atomic E-state index is -1.02. The van der Waals surface area contributed by atoms with Crippen LogP contribution < -0.4 is 15.4 Å². The average molecular weight is 529 g/mol. The Morgan fingerprint density at radius 2 is 2.11 bits per heavy atom. The third kappa shape index (κ3) is 6.87. The Balaban J connectivity index is 1.41. The zero-order chi connectivity index (χ0) is 27.1. The number of nitrogens with one attached hydrogen (secondary N) is 2. The molecule has 0 radical (unpaired) electrons. The second-order valence-electron chi connectivity index (χ2n) is 8.96. The first-order valence-corrected chi connectivity index (χ1v) is 12.3. The summed E-state index contributed by atoms with van der Waals surface area (Å²) in [5.74, 6) is -1.05. The van der Waals surface area contributed by atoms with Crippen LogP contribution in [0, 0.1) is 11.6 Å². The fourth-order valence-electron chi connectivity index (χ4n) is 4.36. The molecule has 4 atom stereocenters. The van der Waals surface area contributed by atoms with Gasteiger partial charge >= 0.3 is 0 Å². The number of ether oxygens (including phenoxy) is 2. The van der Waals surface area contributed by atoms with E-state index in [-0.39, 0.29) is 23.9 Å². The molecule has 0 aliphatic carbocycles. The topological polar surface area (TPSA) is 126 Å². The minimum Gasteiger partial charge on any atom is -0.481 e. The fraction of sp³-hybridized carbons (Fsp3) is 0.370. The maximum absolute atomic E-state index is 13.8. The van der Waals surface area contributed by atoms with Crippen molar-refractivity contribution in [2.24, 2.45) is 0 Å². The largest absolute Gasteiger partial charge is 0.481 e. The van der Waals surface area contributed by atoms with E-state index in [0.29, 0.717) is 42.0 Å². The van der Waals surface area contributed by atoms with E-state index < -0.39 is 36.6 Å². The highest BCUT2D eigenvalue weighted by Gasteiger charge is 2.35. The monoisotopic (exact) mass is 528 g/mol. The van der Waals surface area contributed by atoms with Gasteiger partial charge in [-0.05, 0) is 43.2 Å². The molecule has 0 bridgehead atoms. The number of amides is 1. The molecular formula is C27H30F2N4O5. The van der Waals surface area contributed by atoms with Gasteiger partial charge in [-0.2, -0.15) is 0 Å². The van der Waals surface area contributed by atoms with Gasteiger partial charge in [0.1, 0.15) is 23.3 Å². The molecule has 2 aromatic heterocycles. The summed E-state index contributed by atoms with van der Waals surface area (Å²) in [5.41, 5.74) is 1.66. The number of halogens is 2. The van der Waals surface area contributed by atoms with Crippen LogP contribution in [0.1, 0.15) is 24.8 Å². The van der Waals surface area contributed by atoms with E-state index in [4.69, 9.17) is 9.47 Å². The van der Waals surface area contributed by atoms with Crippen molar-refractivity contribution in [3.05, 3.63) is 65.9 Å². The van der Waals surface area contributed by atoms with Gasteiger partial charge in [0.15, 0.2) is 0 Å². The Bertz CT molecular complexity index is 1290. The molecule has 1 amide bonds. The lowest BCUT2D eigenvalue weighted by Crippen LogP contribution is -2.51. The van der Waals surface area contributed by atoms with Gasteiger partial charge in [-0.3, -0.25) is 9.78 Å². The summed E-state index contributed by atoms with van der Waals surface area (Å²) in [6, 6.07) is 8.05. The third-order valence-corrected chi connectivity index (χ3v) is 6.31. The molecule has 3 heterocycles. The quantitative estimate of drug-likeness (QED) is 0.317. The number of aliphatic hydroxyl groups is 2. The number of rotatable bonds is 10. The maximum atomic E-state index is 13.8. The molecule has 3 aromatic rings. The molecule has 1 aliphatic heterocycles. The van der Waals surface area contributed by atoms with Crippen LogP contribution in [0.5, 0.6) is 5.88 Å². The second-order valence-corrected chi connectivity index (χ2v) is 8.96. The summed E-state index contributed by atoms with van der Waals surface area (Å²) in [7, 11) is 1.50. The Kier molecular flexibility index (Phi) is 9.29. The zero-order valence-corrected chi connectivity index (χ0v) is 20.8. The summed E-state index contributed by atoms with van der Waals surface area (Å²) in [5, 5.41) is 25.5. The Labute approximate surface area is 218 Å². The van der Waals surface area contributed by atoms with Crippen LogP contribution >= 0.6 is 0 Å². The molecule has 1 aromatic carbocycles. The van der Waals surface area contributed by atoms with Crippen molar-refractivity contribution in [3.63, 3.8) is 0 Å². The molecular weight excluding hydrogens is 498 g/mol.